The van der Waals surface area contributed by atoms with Crippen LogP contribution in [0.3, 0.4) is 0 Å². The van der Waals surface area contributed by atoms with Gasteiger partial charge in [-0.3, -0.25) is 0 Å². The molecule has 4 rings (SSSR count). The van der Waals surface area contributed by atoms with E-state index >= 15 is 0 Å². The van der Waals surface area contributed by atoms with Crippen molar-refractivity contribution in [3.8, 4) is 0 Å². The van der Waals surface area contributed by atoms with Gasteiger partial charge in [-0.15, -0.1) is 11.3 Å². The lowest BCUT2D eigenvalue weighted by Gasteiger charge is -2.45. The highest BCUT2D eigenvalue weighted by Crippen LogP contribution is 2.39. The maximum absolute atomic E-state index is 12.1. The van der Waals surface area contributed by atoms with Crippen molar-refractivity contribution < 1.29 is 4.65 Å². The molecular weight excluding hydrogens is 308 g/mol. The maximum Gasteiger partial charge on any atom is 0.138 e. The van der Waals surface area contributed by atoms with Crippen LogP contribution in [-0.2, 0) is 12.8 Å². The van der Waals surface area contributed by atoms with Crippen molar-refractivity contribution >= 4 is 27.4 Å². The van der Waals surface area contributed by atoms with Gasteiger partial charge in [0.05, 0.1) is 25.5 Å². The highest BCUT2D eigenvalue weighted by atomic mass is 32.1. The van der Waals surface area contributed by atoms with E-state index in [0.717, 1.165) is 42.8 Å². The van der Waals surface area contributed by atoms with Crippen molar-refractivity contribution in [3.05, 3.63) is 22.0 Å². The van der Waals surface area contributed by atoms with Gasteiger partial charge in [-0.25, -0.2) is 9.97 Å². The summed E-state index contributed by atoms with van der Waals surface area (Å²) >= 11 is 1.83. The molecule has 5 nitrogen and oxygen atoms in total. The third-order valence-corrected chi connectivity index (χ3v) is 6.62. The van der Waals surface area contributed by atoms with E-state index in [4.69, 9.17) is 0 Å². The number of anilines is 1. The number of hydroxylamine groups is 3. The lowest BCUT2D eigenvalue weighted by Crippen LogP contribution is -2.46. The highest BCUT2D eigenvalue weighted by molar-refractivity contribution is 7.19. The largest absolute Gasteiger partial charge is 0.633 e. The summed E-state index contributed by atoms with van der Waals surface area (Å²) in [5.41, 5.74) is 1.47. The fourth-order valence-corrected chi connectivity index (χ4v) is 5.30. The molecule has 2 aromatic rings. The van der Waals surface area contributed by atoms with E-state index in [1.54, 1.807) is 20.4 Å². The van der Waals surface area contributed by atoms with Gasteiger partial charge in [-0.05, 0) is 37.7 Å². The zero-order valence-electron chi connectivity index (χ0n) is 13.8. The Labute approximate surface area is 140 Å². The Bertz CT molecular complexity index is 713. The van der Waals surface area contributed by atoms with Crippen LogP contribution in [0.15, 0.2) is 6.33 Å². The number of hydrogen-bond acceptors (Lipinski definition) is 5. The minimum Gasteiger partial charge on any atom is -0.633 e. The van der Waals surface area contributed by atoms with Gasteiger partial charge in [0, 0.05) is 23.8 Å². The van der Waals surface area contributed by atoms with Crippen molar-refractivity contribution in [1.82, 2.24) is 9.97 Å². The van der Waals surface area contributed by atoms with E-state index in [0.29, 0.717) is 6.04 Å². The van der Waals surface area contributed by atoms with Gasteiger partial charge in [-0.1, -0.05) is 0 Å². The number of aromatic nitrogens is 2. The molecule has 2 aliphatic rings. The van der Waals surface area contributed by atoms with Crippen molar-refractivity contribution in [2.24, 2.45) is 0 Å². The summed E-state index contributed by atoms with van der Waals surface area (Å²) < 4.78 is -0.164. The molecule has 23 heavy (non-hydrogen) atoms. The number of aryl methyl sites for hydroxylation is 2. The molecule has 1 fully saturated rings. The van der Waals surface area contributed by atoms with Crippen LogP contribution in [0.4, 0.5) is 5.82 Å². The van der Waals surface area contributed by atoms with Crippen molar-refractivity contribution in [1.29, 1.82) is 0 Å². The predicted octanol–water partition coefficient (Wildman–Crippen LogP) is 3.48. The molecule has 2 aliphatic carbocycles. The molecule has 0 aliphatic heterocycles. The lowest BCUT2D eigenvalue weighted by molar-refractivity contribution is -0.868. The molecule has 2 heterocycles. The molecule has 0 unspecified atom stereocenters. The summed E-state index contributed by atoms with van der Waals surface area (Å²) in [7, 11) is 3.53. The van der Waals surface area contributed by atoms with Gasteiger partial charge >= 0.3 is 0 Å². The Morgan fingerprint density at radius 1 is 1.17 bits per heavy atom. The number of rotatable bonds is 3. The smallest absolute Gasteiger partial charge is 0.138 e. The summed E-state index contributed by atoms with van der Waals surface area (Å²) in [5, 5.41) is 17.0. The van der Waals surface area contributed by atoms with Crippen LogP contribution in [0.1, 0.15) is 42.5 Å². The van der Waals surface area contributed by atoms with E-state index < -0.39 is 0 Å². The minimum absolute atomic E-state index is 0.164. The Hall–Kier alpha value is -1.24. The van der Waals surface area contributed by atoms with Crippen LogP contribution >= 0.6 is 11.3 Å². The zero-order valence-corrected chi connectivity index (χ0v) is 14.7. The standard InChI is InChI=1S/C17H24N4OS/c1-21(2,22)12-8-6-11(7-9-12)20-16-15-13-4-3-5-14(13)23-17(15)19-10-18-16/h10-12H,3-9H2,1-2H3,(H,18,19,20)/t11-,12-. The van der Waals surface area contributed by atoms with Gasteiger partial charge in [-0.2, -0.15) is 0 Å². The first-order valence-corrected chi connectivity index (χ1v) is 9.40. The molecule has 0 atom stereocenters. The summed E-state index contributed by atoms with van der Waals surface area (Å²) in [5.74, 6) is 1.01. The molecule has 0 spiro atoms. The first-order chi connectivity index (χ1) is 11.0. The average molecular weight is 332 g/mol. The average Bonchev–Trinajstić information content (AvgIpc) is 3.07. The van der Waals surface area contributed by atoms with Gasteiger partial charge in [0.2, 0.25) is 0 Å². The van der Waals surface area contributed by atoms with E-state index in [1.807, 2.05) is 11.3 Å². The van der Waals surface area contributed by atoms with E-state index in [9.17, 15) is 5.21 Å². The number of fused-ring (bicyclic) bond motifs is 3. The summed E-state index contributed by atoms with van der Waals surface area (Å²) in [6.45, 7) is 0. The number of nitrogens with zero attached hydrogens (tertiary/aromatic N) is 3. The molecule has 124 valence electrons. The third kappa shape index (κ3) is 2.84. The lowest BCUT2D eigenvalue weighted by atomic mass is 9.90. The summed E-state index contributed by atoms with van der Waals surface area (Å²) in [6.07, 6.45) is 9.36. The third-order valence-electron chi connectivity index (χ3n) is 5.42. The number of nitrogens with one attached hydrogen (secondary N) is 1. The molecule has 1 N–H and O–H groups in total. The van der Waals surface area contributed by atoms with Crippen LogP contribution in [0, 0.1) is 5.21 Å². The molecule has 0 radical (unpaired) electrons. The normalized spacial score (nSPS) is 24.8. The highest BCUT2D eigenvalue weighted by Gasteiger charge is 2.29. The first-order valence-electron chi connectivity index (χ1n) is 8.59. The Kier molecular flexibility index (Phi) is 3.78. The van der Waals surface area contributed by atoms with Gasteiger partial charge in [0.15, 0.2) is 0 Å². The second-order valence-corrected chi connectivity index (χ2v) is 8.43. The van der Waals surface area contributed by atoms with Crippen molar-refractivity contribution in [3.63, 3.8) is 0 Å². The van der Waals surface area contributed by atoms with Crippen LogP contribution < -0.4 is 5.32 Å². The quantitative estimate of drug-likeness (QED) is 0.690. The number of quaternary nitrogens is 1. The van der Waals surface area contributed by atoms with Crippen LogP contribution in [-0.4, -0.2) is 40.8 Å². The minimum atomic E-state index is -0.164. The molecule has 0 amide bonds. The van der Waals surface area contributed by atoms with Crippen LogP contribution in [0.5, 0.6) is 0 Å². The fourth-order valence-electron chi connectivity index (χ4n) is 4.07. The second-order valence-electron chi connectivity index (χ2n) is 7.34. The molecule has 2 aromatic heterocycles. The molecule has 1 saturated carbocycles. The molecule has 0 bridgehead atoms. The van der Waals surface area contributed by atoms with Gasteiger partial charge < -0.3 is 15.2 Å². The monoisotopic (exact) mass is 332 g/mol. The van der Waals surface area contributed by atoms with Crippen LogP contribution in [0.2, 0.25) is 0 Å². The van der Waals surface area contributed by atoms with Gasteiger partial charge in [0.25, 0.3) is 0 Å². The van der Waals surface area contributed by atoms with Crippen molar-refractivity contribution in [2.45, 2.75) is 57.0 Å². The SMILES string of the molecule is C[N+](C)([O-])[C@H]1CC[C@H](Nc2ncnc3sc4c(c23)CCC4)CC1. The first kappa shape index (κ1) is 15.3. The topological polar surface area (TPSA) is 60.9 Å². The van der Waals surface area contributed by atoms with E-state index in [1.165, 1.54) is 28.7 Å². The Balaban J connectivity index is 1.53. The number of hydrogen-bond donors (Lipinski definition) is 1. The van der Waals surface area contributed by atoms with Crippen LogP contribution in [0.25, 0.3) is 10.2 Å². The summed E-state index contributed by atoms with van der Waals surface area (Å²) in [4.78, 5) is 11.6. The van der Waals surface area contributed by atoms with E-state index in [2.05, 4.69) is 15.3 Å². The summed E-state index contributed by atoms with van der Waals surface area (Å²) in [6, 6.07) is 0.664. The molecule has 6 heteroatoms. The molecule has 0 aromatic carbocycles. The van der Waals surface area contributed by atoms with E-state index in [-0.39, 0.29) is 10.7 Å². The second kappa shape index (κ2) is 5.69. The van der Waals surface area contributed by atoms with Gasteiger partial charge in [0.1, 0.15) is 17.0 Å². The molecule has 0 saturated heterocycles. The predicted molar refractivity (Wildman–Crippen MR) is 94.6 cm³/mol. The maximum atomic E-state index is 12.1. The number of thiophene rings is 1. The fraction of sp³-hybridized carbons (Fsp3) is 0.647. The molecular formula is C17H24N4OS. The Morgan fingerprint density at radius 3 is 2.70 bits per heavy atom. The zero-order chi connectivity index (χ0) is 16.0. The Morgan fingerprint density at radius 2 is 1.96 bits per heavy atom. The van der Waals surface area contributed by atoms with Crippen molar-refractivity contribution in [2.75, 3.05) is 19.4 Å².